The molecule has 3 nitrogen and oxygen atoms in total. The first-order valence-electron chi connectivity index (χ1n) is 22.2. The number of benzene rings is 11. The lowest BCUT2D eigenvalue weighted by Crippen LogP contribution is -1.96. The van der Waals surface area contributed by atoms with E-state index >= 15 is 0 Å². The van der Waals surface area contributed by atoms with E-state index in [1.54, 1.807) is 0 Å². The minimum absolute atomic E-state index is 0.708. The summed E-state index contributed by atoms with van der Waals surface area (Å²) in [6.45, 7) is 0. The quantitative estimate of drug-likeness (QED) is 0.156. The number of rotatable bonds is 6. The van der Waals surface area contributed by atoms with Crippen molar-refractivity contribution in [1.29, 1.82) is 0 Å². The Kier molecular flexibility index (Phi) is 8.53. The van der Waals surface area contributed by atoms with E-state index in [-0.39, 0.29) is 0 Å². The number of aromatic nitrogens is 3. The lowest BCUT2D eigenvalue weighted by atomic mass is 9.88. The van der Waals surface area contributed by atoms with Crippen molar-refractivity contribution in [1.82, 2.24) is 14.5 Å². The van der Waals surface area contributed by atoms with Gasteiger partial charge in [-0.3, -0.25) is 0 Å². The molecule has 11 aromatic carbocycles. The first-order chi connectivity index (χ1) is 32.2. The van der Waals surface area contributed by atoms with Crippen LogP contribution in [0.5, 0.6) is 0 Å². The smallest absolute Gasteiger partial charge is 0.160 e. The summed E-state index contributed by atoms with van der Waals surface area (Å²) in [6.07, 6.45) is 0. The monoisotopic (exact) mass is 825 g/mol. The molecule has 0 aliphatic rings. The summed E-state index contributed by atoms with van der Waals surface area (Å²) in [7, 11) is 0. The maximum atomic E-state index is 5.18. The molecule has 0 unspecified atom stereocenters. The number of hydrogen-bond acceptors (Lipinski definition) is 2. The summed E-state index contributed by atoms with van der Waals surface area (Å²) in [4.78, 5) is 10.2. The molecule has 0 fully saturated rings. The van der Waals surface area contributed by atoms with Crippen LogP contribution >= 0.6 is 0 Å². The summed E-state index contributed by atoms with van der Waals surface area (Å²) < 4.78 is 2.43. The highest BCUT2D eigenvalue weighted by atomic mass is 15.0. The van der Waals surface area contributed by atoms with Crippen LogP contribution in [0.2, 0.25) is 0 Å². The summed E-state index contributed by atoms with van der Waals surface area (Å²) in [5, 5.41) is 12.4. The molecule has 2 aromatic heterocycles. The Balaban J connectivity index is 0.981. The summed E-state index contributed by atoms with van der Waals surface area (Å²) in [5.74, 6) is 0.708. The Bertz CT molecular complexity index is 3940. The van der Waals surface area contributed by atoms with Crippen LogP contribution < -0.4 is 0 Å². The SMILES string of the molecule is c1ccc(-c2cc(-c3cccc(-c4cccc5c6ccccc6c6cc(-c7ccc8c9ccccc9n(-c9ccc%10ccccc%10c9)c8c7)ccc6c45)c3)nc(-c3ccccc3)n2)cc1. The molecule has 0 saturated heterocycles. The third-order valence-electron chi connectivity index (χ3n) is 13.2. The minimum atomic E-state index is 0.708. The van der Waals surface area contributed by atoms with E-state index in [1.165, 1.54) is 81.6 Å². The Labute approximate surface area is 376 Å². The van der Waals surface area contributed by atoms with Crippen LogP contribution in [0.1, 0.15) is 0 Å². The fourth-order valence-electron chi connectivity index (χ4n) is 10.1. The molecule has 0 atom stereocenters. The van der Waals surface area contributed by atoms with Gasteiger partial charge >= 0.3 is 0 Å². The first kappa shape index (κ1) is 36.9. The number of nitrogens with zero attached hydrogens (tertiary/aromatic N) is 3. The standard InChI is InChI=1S/C62H39N3/c1-3-16-41(17-4-1)57-39-58(64-62(63-57)42-18-5-2-6-19-42)47-22-13-21-46(35-47)49-26-14-27-54-50-23-9-10-24-51(50)56-37-44(31-34-55(56)61(49)54)45-30-33-53-52-25-11-12-28-59(52)65(60(53)38-45)48-32-29-40-15-7-8-20-43(40)36-48/h1-39H. The zero-order chi connectivity index (χ0) is 42.8. The predicted octanol–water partition coefficient (Wildman–Crippen LogP) is 16.5. The molecule has 0 spiro atoms. The molecule has 0 amide bonds. The average molecular weight is 826 g/mol. The van der Waals surface area contributed by atoms with Crippen LogP contribution in [0.3, 0.4) is 0 Å². The Hall–Kier alpha value is -8.66. The maximum absolute atomic E-state index is 5.18. The zero-order valence-corrected chi connectivity index (χ0v) is 35.4. The second-order valence-electron chi connectivity index (χ2n) is 16.9. The lowest BCUT2D eigenvalue weighted by Gasteiger charge is -2.16. The van der Waals surface area contributed by atoms with Crippen molar-refractivity contribution in [2.45, 2.75) is 0 Å². The fourth-order valence-corrected chi connectivity index (χ4v) is 10.1. The zero-order valence-electron chi connectivity index (χ0n) is 35.4. The number of fused-ring (bicyclic) bond motifs is 10. The maximum Gasteiger partial charge on any atom is 0.160 e. The van der Waals surface area contributed by atoms with Gasteiger partial charge in [-0.1, -0.05) is 194 Å². The van der Waals surface area contributed by atoms with Gasteiger partial charge in [-0.25, -0.2) is 9.97 Å². The van der Waals surface area contributed by atoms with Crippen molar-refractivity contribution in [3.8, 4) is 61.8 Å². The third kappa shape index (κ3) is 6.20. The van der Waals surface area contributed by atoms with Gasteiger partial charge in [0.05, 0.1) is 22.4 Å². The van der Waals surface area contributed by atoms with E-state index in [0.717, 1.165) is 39.3 Å². The van der Waals surface area contributed by atoms with E-state index in [9.17, 15) is 0 Å². The van der Waals surface area contributed by atoms with Crippen LogP contribution in [-0.4, -0.2) is 14.5 Å². The minimum Gasteiger partial charge on any atom is -0.309 e. The largest absolute Gasteiger partial charge is 0.309 e. The molecule has 0 aliphatic heterocycles. The Morgan fingerprint density at radius 1 is 0.277 bits per heavy atom. The van der Waals surface area contributed by atoms with Crippen molar-refractivity contribution < 1.29 is 0 Å². The first-order valence-corrected chi connectivity index (χ1v) is 22.2. The molecule has 0 N–H and O–H groups in total. The van der Waals surface area contributed by atoms with E-state index < -0.39 is 0 Å². The average Bonchev–Trinajstić information content (AvgIpc) is 3.72. The molecule has 0 bridgehead atoms. The van der Waals surface area contributed by atoms with Crippen LogP contribution in [0.25, 0.3) is 127 Å². The van der Waals surface area contributed by atoms with Crippen molar-refractivity contribution in [3.63, 3.8) is 0 Å². The number of hydrogen-bond donors (Lipinski definition) is 0. The fraction of sp³-hybridized carbons (Fsp3) is 0. The highest BCUT2D eigenvalue weighted by Gasteiger charge is 2.18. The van der Waals surface area contributed by atoms with Crippen molar-refractivity contribution in [2.24, 2.45) is 0 Å². The molecule has 2 heterocycles. The molecule has 0 radical (unpaired) electrons. The molecule has 0 aliphatic carbocycles. The molecule has 13 rings (SSSR count). The van der Waals surface area contributed by atoms with Crippen molar-refractivity contribution in [3.05, 3.63) is 237 Å². The molecule has 0 saturated carbocycles. The molecule has 13 aromatic rings. The molecule has 65 heavy (non-hydrogen) atoms. The van der Waals surface area contributed by atoms with E-state index in [1.807, 2.05) is 24.3 Å². The van der Waals surface area contributed by atoms with Crippen LogP contribution in [0.15, 0.2) is 237 Å². The molecule has 3 heteroatoms. The molecular formula is C62H39N3. The summed E-state index contributed by atoms with van der Waals surface area (Å²) in [6, 6.07) is 85.4. The van der Waals surface area contributed by atoms with E-state index in [2.05, 4.69) is 217 Å². The van der Waals surface area contributed by atoms with Crippen molar-refractivity contribution >= 4 is 64.9 Å². The Morgan fingerprint density at radius 2 is 0.846 bits per heavy atom. The summed E-state index contributed by atoms with van der Waals surface area (Å²) >= 11 is 0. The van der Waals surface area contributed by atoms with Gasteiger partial charge in [0.1, 0.15) is 0 Å². The van der Waals surface area contributed by atoms with Gasteiger partial charge in [-0.05, 0) is 108 Å². The van der Waals surface area contributed by atoms with Gasteiger partial charge in [-0.2, -0.15) is 0 Å². The molecular weight excluding hydrogens is 787 g/mol. The van der Waals surface area contributed by atoms with Crippen LogP contribution in [-0.2, 0) is 0 Å². The second-order valence-corrected chi connectivity index (χ2v) is 16.9. The van der Waals surface area contributed by atoms with Gasteiger partial charge in [0.15, 0.2) is 5.82 Å². The highest BCUT2D eigenvalue weighted by molar-refractivity contribution is 6.29. The Morgan fingerprint density at radius 3 is 1.66 bits per heavy atom. The number of para-hydroxylation sites is 1. The van der Waals surface area contributed by atoms with Crippen LogP contribution in [0.4, 0.5) is 0 Å². The second kappa shape index (κ2) is 15.0. The third-order valence-corrected chi connectivity index (χ3v) is 13.2. The lowest BCUT2D eigenvalue weighted by molar-refractivity contribution is 1.18. The topological polar surface area (TPSA) is 30.7 Å². The predicted molar refractivity (Wildman–Crippen MR) is 274 cm³/mol. The van der Waals surface area contributed by atoms with Crippen LogP contribution in [0, 0.1) is 0 Å². The van der Waals surface area contributed by atoms with Gasteiger partial charge in [-0.15, -0.1) is 0 Å². The summed E-state index contributed by atoms with van der Waals surface area (Å²) in [5.41, 5.74) is 13.1. The van der Waals surface area contributed by atoms with E-state index in [4.69, 9.17) is 9.97 Å². The van der Waals surface area contributed by atoms with Gasteiger partial charge in [0.25, 0.3) is 0 Å². The molecule has 302 valence electrons. The normalized spacial score (nSPS) is 11.7. The van der Waals surface area contributed by atoms with Gasteiger partial charge in [0, 0.05) is 33.2 Å². The van der Waals surface area contributed by atoms with Gasteiger partial charge < -0.3 is 4.57 Å². The van der Waals surface area contributed by atoms with Crippen molar-refractivity contribution in [2.75, 3.05) is 0 Å². The van der Waals surface area contributed by atoms with Gasteiger partial charge in [0.2, 0.25) is 0 Å². The highest BCUT2D eigenvalue weighted by Crippen LogP contribution is 2.43. The van der Waals surface area contributed by atoms with E-state index in [0.29, 0.717) is 5.82 Å².